The van der Waals surface area contributed by atoms with Crippen molar-refractivity contribution in [3.63, 3.8) is 0 Å². The van der Waals surface area contributed by atoms with Crippen molar-refractivity contribution in [2.24, 2.45) is 0 Å². The fourth-order valence-electron chi connectivity index (χ4n) is 3.59. The van der Waals surface area contributed by atoms with Gasteiger partial charge in [0.1, 0.15) is 5.82 Å². The number of nitrogens with zero attached hydrogens (tertiary/aromatic N) is 7. The van der Waals surface area contributed by atoms with Crippen molar-refractivity contribution in [2.75, 3.05) is 18.4 Å². The number of hydrogen-bond acceptors (Lipinski definition) is 7. The van der Waals surface area contributed by atoms with Crippen LogP contribution in [-0.2, 0) is 0 Å². The highest BCUT2D eigenvalue weighted by Crippen LogP contribution is 2.26. The molecule has 1 saturated heterocycles. The summed E-state index contributed by atoms with van der Waals surface area (Å²) in [5, 5.41) is 24.8. The van der Waals surface area contributed by atoms with E-state index in [4.69, 9.17) is 5.11 Å². The van der Waals surface area contributed by atoms with E-state index in [1.807, 2.05) is 35.1 Å². The van der Waals surface area contributed by atoms with E-state index in [-0.39, 0.29) is 6.04 Å². The average Bonchev–Trinajstić information content (AvgIpc) is 3.21. The number of fused-ring (bicyclic) bond motifs is 1. The monoisotopic (exact) mass is 430 g/mol. The fraction of sp³-hybridized carbons (Fsp3) is 0.273. The van der Waals surface area contributed by atoms with Gasteiger partial charge in [-0.25, -0.2) is 9.78 Å². The van der Waals surface area contributed by atoms with Crippen molar-refractivity contribution < 1.29 is 9.90 Å². The van der Waals surface area contributed by atoms with Crippen LogP contribution in [0.15, 0.2) is 49.1 Å². The van der Waals surface area contributed by atoms with Crippen molar-refractivity contribution >= 4 is 28.8 Å². The number of amides is 1. The molecule has 5 heterocycles. The largest absolute Gasteiger partial charge is 0.465 e. The normalized spacial score (nSPS) is 14.0. The van der Waals surface area contributed by atoms with Crippen LogP contribution in [0, 0.1) is 0 Å². The first-order valence-corrected chi connectivity index (χ1v) is 10.3. The Morgan fingerprint density at radius 2 is 1.94 bits per heavy atom. The Hall–Kier alpha value is -4.08. The smallest absolute Gasteiger partial charge is 0.407 e. The van der Waals surface area contributed by atoms with E-state index in [0.717, 1.165) is 27.7 Å². The van der Waals surface area contributed by atoms with Crippen molar-refractivity contribution in [3.05, 3.63) is 54.6 Å². The lowest BCUT2D eigenvalue weighted by Crippen LogP contribution is -2.50. The molecule has 0 spiro atoms. The molecule has 0 bridgehead atoms. The number of carbonyl (C=O) groups is 1. The molecule has 10 nitrogen and oxygen atoms in total. The molecule has 0 aromatic carbocycles. The molecule has 1 aliphatic rings. The van der Waals surface area contributed by atoms with Gasteiger partial charge in [0, 0.05) is 36.6 Å². The SMILES string of the molecule is CC(C)c1cnnc(Nc2ccc3ncc(-c4cnn(C5CN(C(=O)O)C5)c4)cc3n2)c1. The van der Waals surface area contributed by atoms with Crippen molar-refractivity contribution in [1.29, 1.82) is 0 Å². The zero-order valence-electron chi connectivity index (χ0n) is 17.7. The maximum atomic E-state index is 11.0. The van der Waals surface area contributed by atoms with Gasteiger partial charge in [-0.1, -0.05) is 13.8 Å². The van der Waals surface area contributed by atoms with Gasteiger partial charge >= 0.3 is 6.09 Å². The van der Waals surface area contributed by atoms with Crippen LogP contribution < -0.4 is 5.32 Å². The predicted octanol–water partition coefficient (Wildman–Crippen LogP) is 3.69. The standard InChI is InChI=1S/C22H22N8O2/c1-13(2)14-6-21(28-24-8-14)27-20-4-3-18-19(26-20)5-15(7-23-18)16-9-25-30(10-16)17-11-29(12-17)22(31)32/h3-10,13,17H,11-12H2,1-2H3,(H,31,32)(H,26,27,28). The first kappa shape index (κ1) is 19.9. The Balaban J connectivity index is 1.37. The van der Waals surface area contributed by atoms with Gasteiger partial charge in [0.25, 0.3) is 0 Å². The second-order valence-electron chi connectivity index (χ2n) is 8.16. The number of anilines is 2. The number of aromatic nitrogens is 6. The minimum absolute atomic E-state index is 0.0601. The summed E-state index contributed by atoms with van der Waals surface area (Å²) >= 11 is 0. The molecule has 1 aliphatic heterocycles. The van der Waals surface area contributed by atoms with Crippen molar-refractivity contribution in [3.8, 4) is 11.1 Å². The van der Waals surface area contributed by atoms with Gasteiger partial charge in [-0.2, -0.15) is 10.2 Å². The third kappa shape index (κ3) is 3.82. The lowest BCUT2D eigenvalue weighted by Gasteiger charge is -2.36. The molecule has 10 heteroatoms. The van der Waals surface area contributed by atoms with Crippen LogP contribution in [0.25, 0.3) is 22.2 Å². The van der Waals surface area contributed by atoms with Gasteiger partial charge < -0.3 is 15.3 Å². The Morgan fingerprint density at radius 1 is 1.09 bits per heavy atom. The zero-order valence-corrected chi connectivity index (χ0v) is 17.7. The zero-order chi connectivity index (χ0) is 22.2. The van der Waals surface area contributed by atoms with Crippen molar-refractivity contribution in [1.82, 2.24) is 34.8 Å². The number of nitrogens with one attached hydrogen (secondary N) is 1. The number of hydrogen-bond donors (Lipinski definition) is 2. The fourth-order valence-corrected chi connectivity index (χ4v) is 3.59. The molecule has 1 fully saturated rings. The highest BCUT2D eigenvalue weighted by Gasteiger charge is 2.32. The molecular formula is C22H22N8O2. The van der Waals surface area contributed by atoms with E-state index in [0.29, 0.717) is 30.6 Å². The molecule has 1 amide bonds. The molecule has 0 atom stereocenters. The van der Waals surface area contributed by atoms with E-state index < -0.39 is 6.09 Å². The predicted molar refractivity (Wildman–Crippen MR) is 119 cm³/mol. The molecule has 0 unspecified atom stereocenters. The molecular weight excluding hydrogens is 408 g/mol. The maximum Gasteiger partial charge on any atom is 0.407 e. The lowest BCUT2D eigenvalue weighted by atomic mass is 10.1. The van der Waals surface area contributed by atoms with Crippen LogP contribution in [0.1, 0.15) is 31.4 Å². The summed E-state index contributed by atoms with van der Waals surface area (Å²) in [4.78, 5) is 21.5. The van der Waals surface area contributed by atoms with E-state index in [9.17, 15) is 4.79 Å². The molecule has 2 N–H and O–H groups in total. The quantitative estimate of drug-likeness (QED) is 0.492. The second kappa shape index (κ2) is 7.88. The van der Waals surface area contributed by atoms with Crippen LogP contribution in [0.2, 0.25) is 0 Å². The molecule has 5 rings (SSSR count). The first-order chi connectivity index (χ1) is 15.5. The number of pyridine rings is 2. The van der Waals surface area contributed by atoms with E-state index in [1.54, 1.807) is 18.6 Å². The molecule has 0 radical (unpaired) electrons. The lowest BCUT2D eigenvalue weighted by molar-refractivity contribution is 0.0812. The Kier molecular flexibility index (Phi) is 4.89. The van der Waals surface area contributed by atoms with Crippen LogP contribution in [-0.4, -0.2) is 59.1 Å². The molecule has 162 valence electrons. The van der Waals surface area contributed by atoms with Gasteiger partial charge in [0.05, 0.1) is 29.5 Å². The number of rotatable bonds is 5. The number of carboxylic acid groups (broad SMARTS) is 1. The van der Waals surface area contributed by atoms with Crippen LogP contribution in [0.3, 0.4) is 0 Å². The summed E-state index contributed by atoms with van der Waals surface area (Å²) in [5.41, 5.74) is 4.43. The van der Waals surface area contributed by atoms with E-state index in [2.05, 4.69) is 44.4 Å². The Bertz CT molecular complexity index is 1300. The molecule has 32 heavy (non-hydrogen) atoms. The average molecular weight is 430 g/mol. The first-order valence-electron chi connectivity index (χ1n) is 10.3. The molecule has 0 aliphatic carbocycles. The van der Waals surface area contributed by atoms with Crippen LogP contribution in [0.5, 0.6) is 0 Å². The Labute approximate surface area is 183 Å². The van der Waals surface area contributed by atoms with Gasteiger partial charge in [-0.15, -0.1) is 5.10 Å². The van der Waals surface area contributed by atoms with Gasteiger partial charge in [0.15, 0.2) is 5.82 Å². The minimum atomic E-state index is -0.898. The maximum absolute atomic E-state index is 11.0. The van der Waals surface area contributed by atoms with E-state index in [1.165, 1.54) is 4.90 Å². The number of likely N-dealkylation sites (tertiary alicyclic amines) is 1. The molecule has 4 aromatic rings. The van der Waals surface area contributed by atoms with E-state index >= 15 is 0 Å². The summed E-state index contributed by atoms with van der Waals surface area (Å²) in [7, 11) is 0. The van der Waals surface area contributed by atoms with Gasteiger partial charge in [-0.05, 0) is 35.7 Å². The minimum Gasteiger partial charge on any atom is -0.465 e. The van der Waals surface area contributed by atoms with Crippen molar-refractivity contribution in [2.45, 2.75) is 25.8 Å². The highest BCUT2D eigenvalue weighted by atomic mass is 16.4. The summed E-state index contributed by atoms with van der Waals surface area (Å²) in [6.45, 7) is 5.11. The second-order valence-corrected chi connectivity index (χ2v) is 8.16. The molecule has 0 saturated carbocycles. The summed E-state index contributed by atoms with van der Waals surface area (Å²) in [5.74, 6) is 1.66. The van der Waals surface area contributed by atoms with Gasteiger partial charge in [0.2, 0.25) is 0 Å². The summed E-state index contributed by atoms with van der Waals surface area (Å²) < 4.78 is 1.81. The Morgan fingerprint density at radius 3 is 2.72 bits per heavy atom. The summed E-state index contributed by atoms with van der Waals surface area (Å²) in [6, 6.07) is 7.77. The van der Waals surface area contributed by atoms with Crippen LogP contribution in [0.4, 0.5) is 16.4 Å². The summed E-state index contributed by atoms with van der Waals surface area (Å²) in [6.07, 6.45) is 6.34. The molecule has 4 aromatic heterocycles. The third-order valence-corrected chi connectivity index (χ3v) is 5.58. The third-order valence-electron chi connectivity index (χ3n) is 5.58. The van der Waals surface area contributed by atoms with Crippen LogP contribution >= 0.6 is 0 Å². The highest BCUT2D eigenvalue weighted by molar-refractivity contribution is 5.81. The topological polar surface area (TPSA) is 122 Å². The van der Waals surface area contributed by atoms with Gasteiger partial charge in [-0.3, -0.25) is 9.67 Å².